The highest BCUT2D eigenvalue weighted by Gasteiger charge is 2.17. The van der Waals surface area contributed by atoms with Crippen LogP contribution in [-0.2, 0) is 0 Å². The molecule has 0 fully saturated rings. The molecule has 0 aliphatic carbocycles. The van der Waals surface area contributed by atoms with Crippen LogP contribution in [0, 0.1) is 12.7 Å². The maximum absolute atomic E-state index is 13.2. The molecule has 3 aromatic carbocycles. The van der Waals surface area contributed by atoms with Crippen molar-refractivity contribution in [1.82, 2.24) is 0 Å². The lowest BCUT2D eigenvalue weighted by Gasteiger charge is -2.12. The number of benzene rings is 3. The topological polar surface area (TPSA) is 46.2 Å². The van der Waals surface area contributed by atoms with Crippen molar-refractivity contribution in [2.24, 2.45) is 0 Å². The van der Waals surface area contributed by atoms with Crippen LogP contribution < -0.4 is 5.32 Å². The third kappa shape index (κ3) is 4.36. The van der Waals surface area contributed by atoms with Crippen LogP contribution in [0.2, 0.25) is 10.0 Å². The smallest absolute Gasteiger partial charge is 0.252 e. The Hall–Kier alpha value is -2.40. The number of aryl methyl sites for hydroxylation is 1. The highest BCUT2D eigenvalue weighted by molar-refractivity contribution is 6.67. The van der Waals surface area contributed by atoms with Gasteiger partial charge in [0.1, 0.15) is 5.82 Å². The molecule has 0 heterocycles. The molecule has 28 heavy (non-hydrogen) atoms. The Bertz CT molecular complexity index is 1100. The molecule has 0 bridgehead atoms. The van der Waals surface area contributed by atoms with E-state index in [0.717, 1.165) is 0 Å². The minimum Gasteiger partial charge on any atom is -0.354 e. The average Bonchev–Trinajstić information content (AvgIpc) is 2.64. The highest BCUT2D eigenvalue weighted by atomic mass is 35.5. The molecule has 3 nitrogen and oxygen atoms in total. The first-order valence-corrected chi connectivity index (χ1v) is 9.26. The van der Waals surface area contributed by atoms with Crippen LogP contribution in [0.3, 0.4) is 0 Å². The average molecular weight is 437 g/mol. The Morgan fingerprint density at radius 1 is 0.893 bits per heavy atom. The van der Waals surface area contributed by atoms with Gasteiger partial charge in [0, 0.05) is 22.4 Å². The number of carbonyl (C=O) groups excluding carboxylic acids is 2. The van der Waals surface area contributed by atoms with Gasteiger partial charge in [0.05, 0.1) is 15.7 Å². The summed E-state index contributed by atoms with van der Waals surface area (Å²) >= 11 is 17.8. The SMILES string of the molecule is Cc1ccc(C(=O)Cl)cc1C(=O)c1ccc(Nc2ccc(F)cc2Cl)cc1Cl. The monoisotopic (exact) mass is 435 g/mol. The van der Waals surface area contributed by atoms with Crippen LogP contribution in [0.1, 0.15) is 31.8 Å². The van der Waals surface area contributed by atoms with Gasteiger partial charge in [-0.3, -0.25) is 9.59 Å². The molecule has 0 saturated heterocycles. The lowest BCUT2D eigenvalue weighted by molar-refractivity contribution is 0.103. The van der Waals surface area contributed by atoms with E-state index in [-0.39, 0.29) is 27.0 Å². The second-order valence-electron chi connectivity index (χ2n) is 6.08. The van der Waals surface area contributed by atoms with E-state index in [4.69, 9.17) is 34.8 Å². The van der Waals surface area contributed by atoms with Gasteiger partial charge in [-0.1, -0.05) is 29.3 Å². The molecule has 0 aliphatic heterocycles. The zero-order valence-corrected chi connectivity index (χ0v) is 16.8. The Morgan fingerprint density at radius 3 is 2.29 bits per heavy atom. The first-order valence-electron chi connectivity index (χ1n) is 8.13. The summed E-state index contributed by atoms with van der Waals surface area (Å²) in [6.07, 6.45) is 0. The Kier molecular flexibility index (Phi) is 6.04. The van der Waals surface area contributed by atoms with Crippen molar-refractivity contribution in [3.05, 3.63) is 92.7 Å². The van der Waals surface area contributed by atoms with Gasteiger partial charge in [0.25, 0.3) is 5.24 Å². The van der Waals surface area contributed by atoms with Crippen molar-refractivity contribution in [2.75, 3.05) is 5.32 Å². The van der Waals surface area contributed by atoms with Crippen LogP contribution >= 0.6 is 34.8 Å². The molecule has 7 heteroatoms. The lowest BCUT2D eigenvalue weighted by atomic mass is 9.97. The summed E-state index contributed by atoms with van der Waals surface area (Å²) in [6, 6.07) is 13.4. The van der Waals surface area contributed by atoms with Crippen molar-refractivity contribution in [1.29, 1.82) is 0 Å². The minimum absolute atomic E-state index is 0.217. The first kappa shape index (κ1) is 20.3. The normalized spacial score (nSPS) is 10.6. The van der Waals surface area contributed by atoms with Crippen LogP contribution in [0.15, 0.2) is 54.6 Å². The molecule has 3 rings (SSSR count). The zero-order chi connectivity index (χ0) is 20.4. The van der Waals surface area contributed by atoms with Crippen molar-refractivity contribution in [3.63, 3.8) is 0 Å². The van der Waals surface area contributed by atoms with Crippen molar-refractivity contribution in [3.8, 4) is 0 Å². The molecule has 0 saturated carbocycles. The summed E-state index contributed by atoms with van der Waals surface area (Å²) in [5.41, 5.74) is 2.63. The van der Waals surface area contributed by atoms with E-state index >= 15 is 0 Å². The largest absolute Gasteiger partial charge is 0.354 e. The lowest BCUT2D eigenvalue weighted by Crippen LogP contribution is -2.06. The molecule has 1 N–H and O–H groups in total. The molecule has 3 aromatic rings. The maximum atomic E-state index is 13.2. The predicted molar refractivity (Wildman–Crippen MR) is 111 cm³/mol. The van der Waals surface area contributed by atoms with E-state index in [1.165, 1.54) is 24.3 Å². The number of rotatable bonds is 5. The molecule has 142 valence electrons. The van der Waals surface area contributed by atoms with Crippen LogP contribution in [0.25, 0.3) is 0 Å². The zero-order valence-electron chi connectivity index (χ0n) is 14.5. The van der Waals surface area contributed by atoms with Crippen molar-refractivity contribution in [2.45, 2.75) is 6.92 Å². The fourth-order valence-electron chi connectivity index (χ4n) is 2.66. The van der Waals surface area contributed by atoms with Gasteiger partial charge in [0.2, 0.25) is 0 Å². The Balaban J connectivity index is 1.91. The summed E-state index contributed by atoms with van der Waals surface area (Å²) < 4.78 is 13.2. The summed E-state index contributed by atoms with van der Waals surface area (Å²) in [5, 5.41) is 2.82. The third-order valence-corrected chi connectivity index (χ3v) is 4.98. The van der Waals surface area contributed by atoms with E-state index in [1.54, 1.807) is 37.3 Å². The van der Waals surface area contributed by atoms with Crippen molar-refractivity contribution >= 4 is 57.2 Å². The van der Waals surface area contributed by atoms with Crippen LogP contribution in [-0.4, -0.2) is 11.0 Å². The summed E-state index contributed by atoms with van der Waals surface area (Å²) in [5.74, 6) is -0.767. The van der Waals surface area contributed by atoms with E-state index in [9.17, 15) is 14.0 Å². The molecule has 0 spiro atoms. The first-order chi connectivity index (χ1) is 13.3. The molecule has 0 radical (unpaired) electrons. The number of carbonyl (C=O) groups is 2. The van der Waals surface area contributed by atoms with Gasteiger partial charge >= 0.3 is 0 Å². The predicted octanol–water partition coefficient (Wildman–Crippen LogP) is 6.79. The van der Waals surface area contributed by atoms with Gasteiger partial charge in [-0.15, -0.1) is 0 Å². The van der Waals surface area contributed by atoms with Crippen LogP contribution in [0.4, 0.5) is 15.8 Å². The molecule has 0 amide bonds. The highest BCUT2D eigenvalue weighted by Crippen LogP contribution is 2.30. The molecule has 0 unspecified atom stereocenters. The Labute approximate surface area is 176 Å². The number of halogens is 4. The summed E-state index contributed by atoms with van der Waals surface area (Å²) in [7, 11) is 0. The fourth-order valence-corrected chi connectivity index (χ4v) is 3.26. The second kappa shape index (κ2) is 8.31. The Morgan fingerprint density at radius 2 is 1.64 bits per heavy atom. The molecular weight excluding hydrogens is 424 g/mol. The van der Waals surface area contributed by atoms with Crippen molar-refractivity contribution < 1.29 is 14.0 Å². The second-order valence-corrected chi connectivity index (χ2v) is 7.23. The molecule has 0 aliphatic rings. The number of nitrogens with one attached hydrogen (secondary N) is 1. The minimum atomic E-state index is -0.643. The molecule has 0 atom stereocenters. The van der Waals surface area contributed by atoms with E-state index < -0.39 is 11.1 Å². The van der Waals surface area contributed by atoms with E-state index in [0.29, 0.717) is 22.5 Å². The van der Waals surface area contributed by atoms with E-state index in [2.05, 4.69) is 5.32 Å². The van der Waals surface area contributed by atoms with Gasteiger partial charge in [-0.25, -0.2) is 4.39 Å². The number of ketones is 1. The van der Waals surface area contributed by atoms with E-state index in [1.807, 2.05) is 0 Å². The summed E-state index contributed by atoms with van der Waals surface area (Å²) in [6.45, 7) is 1.76. The molecule has 0 aromatic heterocycles. The number of anilines is 2. The maximum Gasteiger partial charge on any atom is 0.252 e. The third-order valence-electron chi connectivity index (χ3n) is 4.13. The standard InChI is InChI=1S/C21H13Cl3FNO2/c1-11-2-3-12(21(24)28)8-16(11)20(27)15-6-5-14(10-17(15)22)26-19-7-4-13(25)9-18(19)23/h2-10,26H,1H3. The summed E-state index contributed by atoms with van der Waals surface area (Å²) in [4.78, 5) is 24.3. The van der Waals surface area contributed by atoms with Crippen LogP contribution in [0.5, 0.6) is 0 Å². The molecular formula is C21H13Cl3FNO2. The van der Waals surface area contributed by atoms with Gasteiger partial charge < -0.3 is 5.32 Å². The number of hydrogen-bond donors (Lipinski definition) is 1. The van der Waals surface area contributed by atoms with Gasteiger partial charge in [-0.05, 0) is 72.6 Å². The van der Waals surface area contributed by atoms with Gasteiger partial charge in [0.15, 0.2) is 5.78 Å². The number of hydrogen-bond acceptors (Lipinski definition) is 3. The fraction of sp³-hybridized carbons (Fsp3) is 0.0476. The quantitative estimate of drug-likeness (QED) is 0.353. The van der Waals surface area contributed by atoms with Gasteiger partial charge in [-0.2, -0.15) is 0 Å².